The second kappa shape index (κ2) is 10.5. The fourth-order valence-corrected chi connectivity index (χ4v) is 4.06. The van der Waals surface area contributed by atoms with Crippen molar-refractivity contribution in [3.05, 3.63) is 41.5 Å². The summed E-state index contributed by atoms with van der Waals surface area (Å²) in [5.74, 6) is -0.165. The van der Waals surface area contributed by atoms with Crippen LogP contribution in [0.4, 0.5) is 0 Å². The number of amides is 1. The Morgan fingerprint density at radius 1 is 1.08 bits per heavy atom. The minimum absolute atomic E-state index is 0.165. The molecule has 1 aromatic rings. The Morgan fingerprint density at radius 2 is 1.85 bits per heavy atom. The summed E-state index contributed by atoms with van der Waals surface area (Å²) in [4.78, 5) is 12.2. The molecule has 1 aromatic carbocycles. The molecule has 0 bridgehead atoms. The van der Waals surface area contributed by atoms with Crippen LogP contribution in [0.2, 0.25) is 0 Å². The van der Waals surface area contributed by atoms with Crippen LogP contribution in [0.5, 0.6) is 0 Å². The van der Waals surface area contributed by atoms with E-state index < -0.39 is 10.0 Å². The number of sulfonamides is 1. The van der Waals surface area contributed by atoms with Crippen LogP contribution < -0.4 is 10.0 Å². The third-order valence-electron chi connectivity index (χ3n) is 4.62. The lowest BCUT2D eigenvalue weighted by Crippen LogP contribution is -2.26. The van der Waals surface area contributed by atoms with E-state index in [-0.39, 0.29) is 10.8 Å². The lowest BCUT2D eigenvalue weighted by Gasteiger charge is -2.13. The Labute approximate surface area is 157 Å². The fraction of sp³-hybridized carbons (Fsp3) is 0.550. The molecule has 0 aliphatic heterocycles. The van der Waals surface area contributed by atoms with E-state index in [1.165, 1.54) is 30.5 Å². The van der Waals surface area contributed by atoms with Gasteiger partial charge in [-0.05, 0) is 62.8 Å². The van der Waals surface area contributed by atoms with Gasteiger partial charge in [-0.3, -0.25) is 4.79 Å². The van der Waals surface area contributed by atoms with Crippen LogP contribution in [0.1, 0.15) is 68.6 Å². The Hall–Kier alpha value is -1.66. The summed E-state index contributed by atoms with van der Waals surface area (Å²) < 4.78 is 27.4. The predicted molar refractivity (Wildman–Crippen MR) is 105 cm³/mol. The van der Waals surface area contributed by atoms with Crippen LogP contribution >= 0.6 is 0 Å². The van der Waals surface area contributed by atoms with E-state index in [4.69, 9.17) is 0 Å². The average Bonchev–Trinajstić information content (AvgIpc) is 2.66. The van der Waals surface area contributed by atoms with Gasteiger partial charge in [0.1, 0.15) is 0 Å². The highest BCUT2D eigenvalue weighted by molar-refractivity contribution is 7.89. The molecule has 5 nitrogen and oxygen atoms in total. The van der Waals surface area contributed by atoms with E-state index in [2.05, 4.69) is 23.0 Å². The highest BCUT2D eigenvalue weighted by Crippen LogP contribution is 2.19. The molecule has 0 fully saturated rings. The predicted octanol–water partition coefficient (Wildman–Crippen LogP) is 3.78. The number of carbonyl (C=O) groups excluding carboxylic acids is 1. The van der Waals surface area contributed by atoms with Gasteiger partial charge in [0.25, 0.3) is 5.91 Å². The van der Waals surface area contributed by atoms with Crippen molar-refractivity contribution in [1.82, 2.24) is 10.0 Å². The van der Waals surface area contributed by atoms with Gasteiger partial charge in [0.15, 0.2) is 0 Å². The van der Waals surface area contributed by atoms with Gasteiger partial charge in [-0.1, -0.05) is 31.4 Å². The Bertz CT molecular complexity index is 709. The summed E-state index contributed by atoms with van der Waals surface area (Å²) in [5.41, 5.74) is 1.82. The Morgan fingerprint density at radius 3 is 2.50 bits per heavy atom. The average molecular weight is 379 g/mol. The first-order valence-corrected chi connectivity index (χ1v) is 11.1. The van der Waals surface area contributed by atoms with Gasteiger partial charge in [-0.25, -0.2) is 13.1 Å². The van der Waals surface area contributed by atoms with Crippen molar-refractivity contribution in [3.63, 3.8) is 0 Å². The van der Waals surface area contributed by atoms with Crippen LogP contribution in [0.25, 0.3) is 0 Å². The van der Waals surface area contributed by atoms with E-state index in [0.717, 1.165) is 38.5 Å². The molecular formula is C20H30N2O3S. The van der Waals surface area contributed by atoms with Gasteiger partial charge in [0.05, 0.1) is 4.90 Å². The van der Waals surface area contributed by atoms with Crippen LogP contribution in [-0.4, -0.2) is 27.4 Å². The van der Waals surface area contributed by atoms with Crippen molar-refractivity contribution < 1.29 is 13.2 Å². The quantitative estimate of drug-likeness (QED) is 0.481. The minimum atomic E-state index is -3.54. The van der Waals surface area contributed by atoms with Crippen molar-refractivity contribution in [2.75, 3.05) is 13.1 Å². The van der Waals surface area contributed by atoms with Crippen molar-refractivity contribution in [2.24, 2.45) is 0 Å². The van der Waals surface area contributed by atoms with Gasteiger partial charge in [0, 0.05) is 18.7 Å². The van der Waals surface area contributed by atoms with E-state index in [9.17, 15) is 13.2 Å². The fourth-order valence-electron chi connectivity index (χ4n) is 3.03. The molecule has 0 aromatic heterocycles. The zero-order chi connectivity index (χ0) is 18.8. The molecule has 0 saturated heterocycles. The third-order valence-corrected chi connectivity index (χ3v) is 6.09. The summed E-state index contributed by atoms with van der Waals surface area (Å²) in [5, 5.41) is 2.85. The molecule has 6 heteroatoms. The van der Waals surface area contributed by atoms with Gasteiger partial charge >= 0.3 is 0 Å². The molecule has 144 valence electrons. The van der Waals surface area contributed by atoms with E-state index in [1.807, 2.05) is 0 Å². The smallest absolute Gasteiger partial charge is 0.251 e. The first-order chi connectivity index (χ1) is 12.5. The molecule has 0 atom stereocenters. The van der Waals surface area contributed by atoms with E-state index in [1.54, 1.807) is 12.1 Å². The summed E-state index contributed by atoms with van der Waals surface area (Å²) in [6.45, 7) is 3.17. The van der Waals surface area contributed by atoms with Crippen LogP contribution in [-0.2, 0) is 10.0 Å². The first-order valence-electron chi connectivity index (χ1n) is 9.59. The van der Waals surface area contributed by atoms with Crippen molar-refractivity contribution >= 4 is 15.9 Å². The largest absolute Gasteiger partial charge is 0.352 e. The molecule has 0 radical (unpaired) electrons. The van der Waals surface area contributed by atoms with E-state index in [0.29, 0.717) is 18.7 Å². The molecular weight excluding hydrogens is 348 g/mol. The molecule has 0 saturated carbocycles. The molecule has 1 aliphatic rings. The summed E-state index contributed by atoms with van der Waals surface area (Å²) in [7, 11) is -3.54. The number of rotatable bonds is 10. The van der Waals surface area contributed by atoms with Gasteiger partial charge < -0.3 is 5.32 Å². The molecule has 0 spiro atoms. The monoisotopic (exact) mass is 378 g/mol. The third kappa shape index (κ3) is 6.57. The molecule has 2 rings (SSSR count). The SMILES string of the molecule is CCCCCNC(=O)c1ccc(S(=O)(=O)NCCC2=CCCCC2)cc1. The Balaban J connectivity index is 1.85. The number of carbonyl (C=O) groups is 1. The lowest BCUT2D eigenvalue weighted by atomic mass is 9.97. The highest BCUT2D eigenvalue weighted by Gasteiger charge is 2.15. The maximum atomic E-state index is 12.4. The number of allylic oxidation sites excluding steroid dienone is 1. The first kappa shape index (κ1) is 20.6. The van der Waals surface area contributed by atoms with Crippen LogP contribution in [0.15, 0.2) is 40.8 Å². The van der Waals surface area contributed by atoms with Crippen LogP contribution in [0, 0.1) is 0 Å². The number of hydrogen-bond acceptors (Lipinski definition) is 3. The molecule has 1 amide bonds. The van der Waals surface area contributed by atoms with Gasteiger partial charge in [-0.15, -0.1) is 0 Å². The van der Waals surface area contributed by atoms with Crippen LogP contribution in [0.3, 0.4) is 0 Å². The standard InChI is InChI=1S/C20H30N2O3S/c1-2-3-7-15-21-20(23)18-10-12-19(13-11-18)26(24,25)22-16-14-17-8-5-4-6-9-17/h8,10-13,22H,2-7,9,14-16H2,1H3,(H,21,23). The maximum Gasteiger partial charge on any atom is 0.251 e. The number of benzene rings is 1. The number of hydrogen-bond donors (Lipinski definition) is 2. The van der Waals surface area contributed by atoms with Crippen molar-refractivity contribution in [2.45, 2.75) is 63.2 Å². The zero-order valence-electron chi connectivity index (χ0n) is 15.6. The topological polar surface area (TPSA) is 75.3 Å². The molecule has 0 heterocycles. The molecule has 0 unspecified atom stereocenters. The van der Waals surface area contributed by atoms with Crippen molar-refractivity contribution in [3.8, 4) is 0 Å². The minimum Gasteiger partial charge on any atom is -0.352 e. The molecule has 2 N–H and O–H groups in total. The number of unbranched alkanes of at least 4 members (excludes halogenated alkanes) is 2. The normalized spacial score (nSPS) is 14.7. The second-order valence-electron chi connectivity index (χ2n) is 6.74. The summed E-state index contributed by atoms with van der Waals surface area (Å²) in [6, 6.07) is 6.10. The van der Waals surface area contributed by atoms with Gasteiger partial charge in [0.2, 0.25) is 10.0 Å². The maximum absolute atomic E-state index is 12.4. The Kier molecular flexibility index (Phi) is 8.32. The molecule has 26 heavy (non-hydrogen) atoms. The van der Waals surface area contributed by atoms with E-state index >= 15 is 0 Å². The summed E-state index contributed by atoms with van der Waals surface area (Å²) in [6.07, 6.45) is 10.7. The zero-order valence-corrected chi connectivity index (χ0v) is 16.4. The molecule has 1 aliphatic carbocycles. The second-order valence-corrected chi connectivity index (χ2v) is 8.51. The lowest BCUT2D eigenvalue weighted by molar-refractivity contribution is 0.0953. The summed E-state index contributed by atoms with van der Waals surface area (Å²) >= 11 is 0. The van der Waals surface area contributed by atoms with Gasteiger partial charge in [-0.2, -0.15) is 0 Å². The highest BCUT2D eigenvalue weighted by atomic mass is 32.2. The number of nitrogens with one attached hydrogen (secondary N) is 2. The van der Waals surface area contributed by atoms with Crippen molar-refractivity contribution in [1.29, 1.82) is 0 Å².